The van der Waals surface area contributed by atoms with Gasteiger partial charge in [-0.1, -0.05) is 0 Å². The molecule has 1 aliphatic heterocycles. The Kier molecular flexibility index (Phi) is 4.12. The number of piperidine rings is 1. The summed E-state index contributed by atoms with van der Waals surface area (Å²) in [5.74, 6) is 1.91. The Bertz CT molecular complexity index is 387. The van der Waals surface area contributed by atoms with Crippen molar-refractivity contribution in [3.63, 3.8) is 0 Å². The molecule has 0 spiro atoms. The molecule has 5 heteroatoms. The zero-order valence-electron chi connectivity index (χ0n) is 11.4. The predicted octanol–water partition coefficient (Wildman–Crippen LogP) is 1.75. The second-order valence-electron chi connectivity index (χ2n) is 4.99. The maximum Gasteiger partial charge on any atom is 0.132 e. The molecule has 2 N–H and O–H groups in total. The molecular formula is C13H22N4S. The molecule has 1 saturated heterocycles. The lowest BCUT2D eigenvalue weighted by molar-refractivity contribution is 0.455. The number of anilines is 1. The Balaban J connectivity index is 2.09. The molecule has 0 radical (unpaired) electrons. The minimum atomic E-state index is 0.271. The lowest BCUT2D eigenvalue weighted by Gasteiger charge is -2.40. The van der Waals surface area contributed by atoms with E-state index < -0.39 is 0 Å². The van der Waals surface area contributed by atoms with Crippen molar-refractivity contribution in [3.8, 4) is 0 Å². The van der Waals surface area contributed by atoms with Gasteiger partial charge in [-0.25, -0.2) is 9.97 Å². The van der Waals surface area contributed by atoms with Gasteiger partial charge in [0.1, 0.15) is 11.6 Å². The van der Waals surface area contributed by atoms with Crippen LogP contribution in [0.5, 0.6) is 0 Å². The number of aromatic nitrogens is 2. The summed E-state index contributed by atoms with van der Waals surface area (Å²) >= 11 is 1.91. The summed E-state index contributed by atoms with van der Waals surface area (Å²) in [6.07, 6.45) is 4.43. The van der Waals surface area contributed by atoms with Gasteiger partial charge in [-0.2, -0.15) is 11.8 Å². The molecule has 1 aliphatic rings. The Morgan fingerprint density at radius 1 is 1.33 bits per heavy atom. The number of nitrogens with zero attached hydrogens (tertiary/aromatic N) is 3. The summed E-state index contributed by atoms with van der Waals surface area (Å²) in [7, 11) is 0. The van der Waals surface area contributed by atoms with E-state index in [9.17, 15) is 0 Å². The third-order valence-electron chi connectivity index (χ3n) is 3.76. The lowest BCUT2D eigenvalue weighted by Crippen LogP contribution is -2.46. The fourth-order valence-electron chi connectivity index (χ4n) is 2.49. The van der Waals surface area contributed by atoms with Gasteiger partial charge in [0.15, 0.2) is 0 Å². The maximum atomic E-state index is 5.92. The Hall–Kier alpha value is -0.810. The first-order chi connectivity index (χ1) is 8.58. The topological polar surface area (TPSA) is 55.0 Å². The van der Waals surface area contributed by atoms with Crippen LogP contribution >= 0.6 is 11.8 Å². The van der Waals surface area contributed by atoms with Gasteiger partial charge in [0.05, 0.1) is 0 Å². The normalized spacial score (nSPS) is 19.0. The molecule has 1 aromatic heterocycles. The molecule has 100 valence electrons. The molecule has 0 amide bonds. The standard InChI is InChI=1S/C13H22N4S/c1-10-8-12(16-11(2)15-10)17-6-4-13(9-14,18-3)5-7-17/h8H,4-7,9,14H2,1-3H3. The summed E-state index contributed by atoms with van der Waals surface area (Å²) in [5, 5.41) is 0. The van der Waals surface area contributed by atoms with Gasteiger partial charge in [-0.15, -0.1) is 0 Å². The van der Waals surface area contributed by atoms with Crippen LogP contribution in [0.25, 0.3) is 0 Å². The van der Waals surface area contributed by atoms with Crippen molar-refractivity contribution in [1.29, 1.82) is 0 Å². The average molecular weight is 266 g/mol. The van der Waals surface area contributed by atoms with Gasteiger partial charge in [0.2, 0.25) is 0 Å². The molecular weight excluding hydrogens is 244 g/mol. The van der Waals surface area contributed by atoms with Crippen LogP contribution in [0, 0.1) is 13.8 Å². The molecule has 1 fully saturated rings. The van der Waals surface area contributed by atoms with Crippen LogP contribution in [0.2, 0.25) is 0 Å². The van der Waals surface area contributed by atoms with Gasteiger partial charge < -0.3 is 10.6 Å². The van der Waals surface area contributed by atoms with Crippen molar-refractivity contribution < 1.29 is 0 Å². The first-order valence-corrected chi connectivity index (χ1v) is 7.63. The predicted molar refractivity (Wildman–Crippen MR) is 78.3 cm³/mol. The molecule has 0 saturated carbocycles. The Labute approximate surface area is 113 Å². The van der Waals surface area contributed by atoms with Crippen molar-refractivity contribution in [2.75, 3.05) is 30.8 Å². The van der Waals surface area contributed by atoms with Crippen molar-refractivity contribution >= 4 is 17.6 Å². The van der Waals surface area contributed by atoms with Gasteiger partial charge in [-0.3, -0.25) is 0 Å². The third-order valence-corrected chi connectivity index (χ3v) is 5.20. The van der Waals surface area contributed by atoms with Crippen molar-refractivity contribution in [3.05, 3.63) is 17.6 Å². The number of rotatable bonds is 3. The quantitative estimate of drug-likeness (QED) is 0.903. The van der Waals surface area contributed by atoms with E-state index >= 15 is 0 Å². The Morgan fingerprint density at radius 2 is 2.00 bits per heavy atom. The number of nitrogens with two attached hydrogens (primary N) is 1. The minimum absolute atomic E-state index is 0.271. The van der Waals surface area contributed by atoms with Crippen LogP contribution in [-0.4, -0.2) is 40.6 Å². The van der Waals surface area contributed by atoms with Gasteiger partial charge in [-0.05, 0) is 32.9 Å². The fourth-order valence-corrected chi connectivity index (χ4v) is 3.25. The highest BCUT2D eigenvalue weighted by atomic mass is 32.2. The zero-order valence-corrected chi connectivity index (χ0v) is 12.3. The van der Waals surface area contributed by atoms with Crippen LogP contribution in [0.15, 0.2) is 6.07 Å². The second-order valence-corrected chi connectivity index (χ2v) is 6.27. The van der Waals surface area contributed by atoms with Crippen LogP contribution < -0.4 is 10.6 Å². The van der Waals surface area contributed by atoms with Crippen molar-refractivity contribution in [2.24, 2.45) is 5.73 Å². The van der Waals surface area contributed by atoms with E-state index in [-0.39, 0.29) is 4.75 Å². The molecule has 0 aliphatic carbocycles. The molecule has 0 atom stereocenters. The number of hydrogen-bond acceptors (Lipinski definition) is 5. The highest BCUT2D eigenvalue weighted by Gasteiger charge is 2.32. The molecule has 2 rings (SSSR count). The molecule has 0 aromatic carbocycles. The highest BCUT2D eigenvalue weighted by Crippen LogP contribution is 2.34. The van der Waals surface area contributed by atoms with Crippen molar-refractivity contribution in [2.45, 2.75) is 31.4 Å². The van der Waals surface area contributed by atoms with E-state index in [0.717, 1.165) is 49.8 Å². The van der Waals surface area contributed by atoms with E-state index in [2.05, 4.69) is 27.2 Å². The van der Waals surface area contributed by atoms with E-state index in [1.165, 1.54) is 0 Å². The summed E-state index contributed by atoms with van der Waals surface area (Å²) in [6.45, 7) is 6.81. The van der Waals surface area contributed by atoms with Gasteiger partial charge in [0.25, 0.3) is 0 Å². The lowest BCUT2D eigenvalue weighted by atomic mass is 9.96. The third kappa shape index (κ3) is 2.78. The fraction of sp³-hybridized carbons (Fsp3) is 0.692. The van der Waals surface area contributed by atoms with Gasteiger partial charge in [0, 0.05) is 36.1 Å². The largest absolute Gasteiger partial charge is 0.356 e. The first kappa shape index (κ1) is 13.6. The molecule has 2 heterocycles. The minimum Gasteiger partial charge on any atom is -0.356 e. The summed E-state index contributed by atoms with van der Waals surface area (Å²) in [5.41, 5.74) is 6.96. The smallest absolute Gasteiger partial charge is 0.132 e. The van der Waals surface area contributed by atoms with E-state index in [0.29, 0.717) is 0 Å². The zero-order chi connectivity index (χ0) is 13.2. The first-order valence-electron chi connectivity index (χ1n) is 6.41. The van der Waals surface area contributed by atoms with E-state index in [1.54, 1.807) is 0 Å². The van der Waals surface area contributed by atoms with Gasteiger partial charge >= 0.3 is 0 Å². The van der Waals surface area contributed by atoms with Crippen LogP contribution in [0.1, 0.15) is 24.4 Å². The molecule has 4 nitrogen and oxygen atoms in total. The van der Waals surface area contributed by atoms with E-state index in [4.69, 9.17) is 5.73 Å². The SMILES string of the molecule is CSC1(CN)CCN(c2cc(C)nc(C)n2)CC1. The molecule has 0 unspecified atom stereocenters. The molecule has 18 heavy (non-hydrogen) atoms. The maximum absolute atomic E-state index is 5.92. The van der Waals surface area contributed by atoms with E-state index in [1.807, 2.05) is 25.6 Å². The molecule has 0 bridgehead atoms. The second kappa shape index (κ2) is 5.45. The highest BCUT2D eigenvalue weighted by molar-refractivity contribution is 8.00. The van der Waals surface area contributed by atoms with Crippen molar-refractivity contribution in [1.82, 2.24) is 9.97 Å². The summed E-state index contributed by atoms with van der Waals surface area (Å²) in [4.78, 5) is 11.2. The van der Waals surface area contributed by atoms with Crippen LogP contribution in [0.3, 0.4) is 0 Å². The Morgan fingerprint density at radius 3 is 2.50 bits per heavy atom. The molecule has 1 aromatic rings. The number of aryl methyl sites for hydroxylation is 2. The summed E-state index contributed by atoms with van der Waals surface area (Å²) < 4.78 is 0.271. The number of hydrogen-bond donors (Lipinski definition) is 1. The monoisotopic (exact) mass is 266 g/mol. The average Bonchev–Trinajstić information content (AvgIpc) is 2.38. The van der Waals surface area contributed by atoms with Crippen LogP contribution in [-0.2, 0) is 0 Å². The van der Waals surface area contributed by atoms with Crippen LogP contribution in [0.4, 0.5) is 5.82 Å². The summed E-state index contributed by atoms with van der Waals surface area (Å²) in [6, 6.07) is 2.07. The number of thioether (sulfide) groups is 1.